The van der Waals surface area contributed by atoms with E-state index in [1.54, 1.807) is 6.92 Å². The lowest BCUT2D eigenvalue weighted by Gasteiger charge is -2.27. The maximum absolute atomic E-state index is 9.23. The average molecular weight is 223 g/mol. The standard InChI is InChI=1S/C11H17N3O2/c1-11(5-15,6-16)14-10-8-3-2-4-9(8)12-7-13-10/h7,15-16H,2-6H2,1H3,(H,12,13,14). The molecule has 0 amide bonds. The SMILES string of the molecule is CC(CO)(CO)Nc1ncnc2c1CCC2. The Morgan fingerprint density at radius 2 is 2.06 bits per heavy atom. The first-order valence-electron chi connectivity index (χ1n) is 5.51. The van der Waals surface area contributed by atoms with Gasteiger partial charge in [0.05, 0.1) is 18.8 Å². The molecule has 88 valence electrons. The van der Waals surface area contributed by atoms with Gasteiger partial charge in [0.15, 0.2) is 0 Å². The van der Waals surface area contributed by atoms with Gasteiger partial charge in [-0.3, -0.25) is 0 Å². The number of fused-ring (bicyclic) bond motifs is 1. The van der Waals surface area contributed by atoms with E-state index in [0.29, 0.717) is 0 Å². The number of nitrogens with one attached hydrogen (secondary N) is 1. The van der Waals surface area contributed by atoms with Crippen LogP contribution < -0.4 is 5.32 Å². The van der Waals surface area contributed by atoms with E-state index < -0.39 is 5.54 Å². The second kappa shape index (κ2) is 4.35. The van der Waals surface area contributed by atoms with Crippen LogP contribution in [0.3, 0.4) is 0 Å². The summed E-state index contributed by atoms with van der Waals surface area (Å²) in [7, 11) is 0. The molecular weight excluding hydrogens is 206 g/mol. The van der Waals surface area contributed by atoms with Gasteiger partial charge in [-0.1, -0.05) is 0 Å². The predicted molar refractivity (Wildman–Crippen MR) is 60.3 cm³/mol. The summed E-state index contributed by atoms with van der Waals surface area (Å²) in [5.41, 5.74) is 1.47. The Kier molecular flexibility index (Phi) is 3.07. The van der Waals surface area contributed by atoms with Crippen LogP contribution in [0.5, 0.6) is 0 Å². The summed E-state index contributed by atoms with van der Waals surface area (Å²) in [5, 5.41) is 21.6. The van der Waals surface area contributed by atoms with Crippen molar-refractivity contribution in [3.63, 3.8) is 0 Å². The minimum atomic E-state index is -0.731. The maximum Gasteiger partial charge on any atom is 0.133 e. The van der Waals surface area contributed by atoms with Crippen molar-refractivity contribution in [3.05, 3.63) is 17.6 Å². The molecule has 0 unspecified atom stereocenters. The molecule has 2 rings (SSSR count). The zero-order valence-corrected chi connectivity index (χ0v) is 9.40. The number of anilines is 1. The Morgan fingerprint density at radius 3 is 2.75 bits per heavy atom. The molecule has 5 heteroatoms. The molecule has 0 fully saturated rings. The predicted octanol–water partition coefficient (Wildman–Crippen LogP) is 0.120. The third-order valence-corrected chi connectivity index (χ3v) is 2.99. The average Bonchev–Trinajstić information content (AvgIpc) is 2.78. The topological polar surface area (TPSA) is 78.3 Å². The van der Waals surface area contributed by atoms with Crippen LogP contribution in [0.1, 0.15) is 24.6 Å². The third kappa shape index (κ3) is 2.01. The van der Waals surface area contributed by atoms with Crippen LogP contribution in [-0.4, -0.2) is 38.9 Å². The lowest BCUT2D eigenvalue weighted by Crippen LogP contribution is -2.43. The Hall–Kier alpha value is -1.20. The zero-order valence-electron chi connectivity index (χ0n) is 9.40. The van der Waals surface area contributed by atoms with Gasteiger partial charge in [-0.05, 0) is 26.2 Å². The first-order valence-corrected chi connectivity index (χ1v) is 5.51. The highest BCUT2D eigenvalue weighted by Crippen LogP contribution is 2.26. The smallest absolute Gasteiger partial charge is 0.133 e. The van der Waals surface area contributed by atoms with Crippen LogP contribution in [0.15, 0.2) is 6.33 Å². The highest BCUT2D eigenvalue weighted by molar-refractivity contribution is 5.49. The Balaban J connectivity index is 2.25. The Morgan fingerprint density at radius 1 is 1.31 bits per heavy atom. The van der Waals surface area contributed by atoms with Gasteiger partial charge in [0, 0.05) is 11.3 Å². The Labute approximate surface area is 94.6 Å². The van der Waals surface area contributed by atoms with E-state index in [1.165, 1.54) is 6.33 Å². The maximum atomic E-state index is 9.23. The van der Waals surface area contributed by atoms with Crippen molar-refractivity contribution in [3.8, 4) is 0 Å². The van der Waals surface area contributed by atoms with Crippen LogP contribution in [-0.2, 0) is 12.8 Å². The summed E-state index contributed by atoms with van der Waals surface area (Å²) in [6.45, 7) is 1.49. The van der Waals surface area contributed by atoms with Crippen molar-refractivity contribution in [1.82, 2.24) is 9.97 Å². The summed E-state index contributed by atoms with van der Waals surface area (Å²) in [4.78, 5) is 8.41. The van der Waals surface area contributed by atoms with Crippen molar-refractivity contribution in [1.29, 1.82) is 0 Å². The van der Waals surface area contributed by atoms with Crippen LogP contribution in [0.25, 0.3) is 0 Å². The fourth-order valence-corrected chi connectivity index (χ4v) is 1.88. The molecular formula is C11H17N3O2. The largest absolute Gasteiger partial charge is 0.394 e. The van der Waals surface area contributed by atoms with E-state index in [4.69, 9.17) is 0 Å². The van der Waals surface area contributed by atoms with Gasteiger partial charge in [-0.2, -0.15) is 0 Å². The number of aromatic nitrogens is 2. The lowest BCUT2D eigenvalue weighted by atomic mass is 10.1. The molecule has 16 heavy (non-hydrogen) atoms. The number of nitrogens with zero attached hydrogens (tertiary/aromatic N) is 2. The first kappa shape index (κ1) is 11.3. The second-order valence-electron chi connectivity index (χ2n) is 4.50. The monoisotopic (exact) mass is 223 g/mol. The van der Waals surface area contributed by atoms with E-state index in [-0.39, 0.29) is 13.2 Å². The van der Waals surface area contributed by atoms with E-state index in [0.717, 1.165) is 36.3 Å². The van der Waals surface area contributed by atoms with Gasteiger partial charge in [0.2, 0.25) is 0 Å². The molecule has 1 aromatic heterocycles. The van der Waals surface area contributed by atoms with Crippen molar-refractivity contribution in [2.45, 2.75) is 31.7 Å². The zero-order chi connectivity index (χ0) is 11.6. The molecule has 0 aliphatic heterocycles. The van der Waals surface area contributed by atoms with Gasteiger partial charge >= 0.3 is 0 Å². The van der Waals surface area contributed by atoms with Crippen molar-refractivity contribution in [2.24, 2.45) is 0 Å². The van der Waals surface area contributed by atoms with Crippen LogP contribution in [0.2, 0.25) is 0 Å². The first-order chi connectivity index (χ1) is 7.68. The molecule has 1 aliphatic carbocycles. The summed E-state index contributed by atoms with van der Waals surface area (Å²) in [5.74, 6) is 0.744. The number of rotatable bonds is 4. The number of aliphatic hydroxyl groups excluding tert-OH is 2. The number of hydrogen-bond donors (Lipinski definition) is 3. The van der Waals surface area contributed by atoms with Crippen molar-refractivity contribution < 1.29 is 10.2 Å². The van der Waals surface area contributed by atoms with E-state index >= 15 is 0 Å². The molecule has 1 heterocycles. The highest BCUT2D eigenvalue weighted by atomic mass is 16.3. The highest BCUT2D eigenvalue weighted by Gasteiger charge is 2.25. The van der Waals surface area contributed by atoms with Crippen molar-refractivity contribution in [2.75, 3.05) is 18.5 Å². The van der Waals surface area contributed by atoms with E-state index in [2.05, 4.69) is 15.3 Å². The molecule has 1 aromatic rings. The van der Waals surface area contributed by atoms with Gasteiger partial charge in [0.25, 0.3) is 0 Å². The summed E-state index contributed by atoms with van der Waals surface area (Å²) in [6, 6.07) is 0. The molecule has 0 saturated heterocycles. The molecule has 1 aliphatic rings. The van der Waals surface area contributed by atoms with Crippen LogP contribution >= 0.6 is 0 Å². The Bertz CT molecular complexity index is 377. The van der Waals surface area contributed by atoms with Gasteiger partial charge < -0.3 is 15.5 Å². The second-order valence-corrected chi connectivity index (χ2v) is 4.50. The molecule has 0 bridgehead atoms. The van der Waals surface area contributed by atoms with E-state index in [9.17, 15) is 10.2 Å². The number of aryl methyl sites for hydroxylation is 1. The summed E-state index contributed by atoms with van der Waals surface area (Å²) >= 11 is 0. The molecule has 0 spiro atoms. The quantitative estimate of drug-likeness (QED) is 0.676. The van der Waals surface area contributed by atoms with Gasteiger partial charge in [-0.25, -0.2) is 9.97 Å². The normalized spacial score (nSPS) is 14.9. The van der Waals surface area contributed by atoms with Gasteiger partial charge in [0.1, 0.15) is 12.1 Å². The van der Waals surface area contributed by atoms with Gasteiger partial charge in [-0.15, -0.1) is 0 Å². The summed E-state index contributed by atoms with van der Waals surface area (Å²) < 4.78 is 0. The summed E-state index contributed by atoms with van der Waals surface area (Å²) in [6.07, 6.45) is 4.58. The van der Waals surface area contributed by atoms with E-state index in [1.807, 2.05) is 0 Å². The fourth-order valence-electron chi connectivity index (χ4n) is 1.88. The lowest BCUT2D eigenvalue weighted by molar-refractivity contribution is 0.147. The molecule has 0 atom stereocenters. The molecule has 0 radical (unpaired) electrons. The molecule has 5 nitrogen and oxygen atoms in total. The minimum absolute atomic E-state index is 0.137. The van der Waals surface area contributed by atoms with Crippen LogP contribution in [0, 0.1) is 0 Å². The third-order valence-electron chi connectivity index (χ3n) is 2.99. The minimum Gasteiger partial charge on any atom is -0.394 e. The number of aliphatic hydroxyl groups is 2. The molecule has 0 aromatic carbocycles. The number of hydrogen-bond acceptors (Lipinski definition) is 5. The van der Waals surface area contributed by atoms with Crippen molar-refractivity contribution >= 4 is 5.82 Å². The fraction of sp³-hybridized carbons (Fsp3) is 0.636. The van der Waals surface area contributed by atoms with Crippen LogP contribution in [0.4, 0.5) is 5.82 Å². The molecule has 3 N–H and O–H groups in total. The molecule has 0 saturated carbocycles.